The van der Waals surface area contributed by atoms with E-state index >= 15 is 0 Å². The van der Waals surface area contributed by atoms with Gasteiger partial charge in [-0.15, -0.1) is 0 Å². The molecule has 128 valence electrons. The Morgan fingerprint density at radius 2 is 1.67 bits per heavy atom. The minimum Gasteiger partial charge on any atom is -0.356 e. The Hall–Kier alpha value is -1.29. The predicted octanol–water partition coefficient (Wildman–Crippen LogP) is 6.34. The van der Waals surface area contributed by atoms with Crippen molar-refractivity contribution in [1.29, 1.82) is 0 Å². The molecule has 1 atom stereocenters. The number of anilines is 1. The van der Waals surface area contributed by atoms with Crippen molar-refractivity contribution >= 4 is 46.2 Å². The first-order valence-electron chi connectivity index (χ1n) is 7.80. The molecule has 0 saturated carbocycles. The van der Waals surface area contributed by atoms with E-state index in [4.69, 9.17) is 35.4 Å². The first-order valence-corrected chi connectivity index (χ1v) is 8.96. The van der Waals surface area contributed by atoms with Gasteiger partial charge in [0, 0.05) is 5.02 Å². The minimum atomic E-state index is 0.0805. The van der Waals surface area contributed by atoms with Crippen molar-refractivity contribution in [2.24, 2.45) is 0 Å². The summed E-state index contributed by atoms with van der Waals surface area (Å²) in [6.45, 7) is 8.69. The Balaban J connectivity index is 2.02. The summed E-state index contributed by atoms with van der Waals surface area (Å²) in [5.41, 5.74) is 3.32. The molecule has 0 spiro atoms. The fourth-order valence-corrected chi connectivity index (χ4v) is 2.93. The van der Waals surface area contributed by atoms with Crippen LogP contribution in [0.25, 0.3) is 0 Å². The summed E-state index contributed by atoms with van der Waals surface area (Å²) in [5, 5.41) is 8.05. The standard InChI is InChI=1S/C19H22Cl2N2S/c1-12(13-5-7-14(8-6-13)19(2,3)4)22-18(24)23-17-11-15(20)9-10-16(17)21/h5-12H,1-4H3,(H2,22,23,24). The number of hydrogen-bond acceptors (Lipinski definition) is 1. The molecule has 0 heterocycles. The average Bonchev–Trinajstić information content (AvgIpc) is 2.50. The lowest BCUT2D eigenvalue weighted by molar-refractivity contribution is 0.589. The lowest BCUT2D eigenvalue weighted by Gasteiger charge is -2.21. The Morgan fingerprint density at radius 3 is 2.25 bits per heavy atom. The van der Waals surface area contributed by atoms with Gasteiger partial charge in [0.15, 0.2) is 5.11 Å². The minimum absolute atomic E-state index is 0.0805. The van der Waals surface area contributed by atoms with Crippen molar-refractivity contribution in [2.45, 2.75) is 39.2 Å². The summed E-state index contributed by atoms with van der Waals surface area (Å²) < 4.78 is 0. The highest BCUT2D eigenvalue weighted by Gasteiger charge is 2.14. The summed E-state index contributed by atoms with van der Waals surface area (Å²) in [6.07, 6.45) is 0. The third-order valence-electron chi connectivity index (χ3n) is 3.80. The first kappa shape index (κ1) is 19.0. The molecule has 0 amide bonds. The highest BCUT2D eigenvalue weighted by atomic mass is 35.5. The predicted molar refractivity (Wildman–Crippen MR) is 109 cm³/mol. The number of nitrogens with one attached hydrogen (secondary N) is 2. The molecular formula is C19H22Cl2N2S. The number of benzene rings is 2. The Labute approximate surface area is 159 Å². The van der Waals surface area contributed by atoms with E-state index in [0.717, 1.165) is 0 Å². The maximum atomic E-state index is 6.15. The number of rotatable bonds is 3. The SMILES string of the molecule is CC(NC(=S)Nc1cc(Cl)ccc1Cl)c1ccc(C(C)(C)C)cc1. The van der Waals surface area contributed by atoms with E-state index in [0.29, 0.717) is 20.8 Å². The zero-order valence-electron chi connectivity index (χ0n) is 14.3. The highest BCUT2D eigenvalue weighted by molar-refractivity contribution is 7.80. The van der Waals surface area contributed by atoms with Crippen molar-refractivity contribution in [3.8, 4) is 0 Å². The van der Waals surface area contributed by atoms with Crippen LogP contribution in [0.15, 0.2) is 42.5 Å². The molecule has 0 aliphatic carbocycles. The lowest BCUT2D eigenvalue weighted by atomic mass is 9.86. The van der Waals surface area contributed by atoms with E-state index in [1.165, 1.54) is 11.1 Å². The number of thiocarbonyl (C=S) groups is 1. The quantitative estimate of drug-likeness (QED) is 0.607. The third-order valence-corrected chi connectivity index (χ3v) is 4.59. The maximum Gasteiger partial charge on any atom is 0.171 e. The van der Waals surface area contributed by atoms with Gasteiger partial charge < -0.3 is 10.6 Å². The molecule has 2 rings (SSSR count). The van der Waals surface area contributed by atoms with Crippen molar-refractivity contribution in [2.75, 3.05) is 5.32 Å². The lowest BCUT2D eigenvalue weighted by Crippen LogP contribution is -2.31. The molecule has 2 N–H and O–H groups in total. The summed E-state index contributed by atoms with van der Waals surface area (Å²) in [5.74, 6) is 0. The molecule has 2 aromatic carbocycles. The Bertz CT molecular complexity index is 721. The topological polar surface area (TPSA) is 24.1 Å². The molecule has 0 fully saturated rings. The molecule has 0 saturated heterocycles. The molecule has 2 nitrogen and oxygen atoms in total. The third kappa shape index (κ3) is 5.10. The second-order valence-corrected chi connectivity index (χ2v) is 8.07. The normalized spacial score (nSPS) is 12.6. The van der Waals surface area contributed by atoms with Crippen molar-refractivity contribution < 1.29 is 0 Å². The molecule has 1 unspecified atom stereocenters. The van der Waals surface area contributed by atoms with Crippen LogP contribution in [-0.2, 0) is 5.41 Å². The molecule has 0 aliphatic heterocycles. The van der Waals surface area contributed by atoms with Crippen LogP contribution in [0, 0.1) is 0 Å². The van der Waals surface area contributed by atoms with Gasteiger partial charge in [-0.2, -0.15) is 0 Å². The number of halogens is 2. The zero-order chi connectivity index (χ0) is 17.9. The zero-order valence-corrected chi connectivity index (χ0v) is 16.6. The van der Waals surface area contributed by atoms with Gasteiger partial charge in [0.1, 0.15) is 0 Å². The monoisotopic (exact) mass is 380 g/mol. The van der Waals surface area contributed by atoms with Crippen LogP contribution in [0.4, 0.5) is 5.69 Å². The van der Waals surface area contributed by atoms with E-state index in [-0.39, 0.29) is 11.5 Å². The van der Waals surface area contributed by atoms with Crippen LogP contribution in [0.2, 0.25) is 10.0 Å². The van der Waals surface area contributed by atoms with Crippen LogP contribution in [0.3, 0.4) is 0 Å². The molecule has 24 heavy (non-hydrogen) atoms. The Morgan fingerprint density at radius 1 is 1.04 bits per heavy atom. The van der Waals surface area contributed by atoms with E-state index in [2.05, 4.69) is 62.6 Å². The van der Waals surface area contributed by atoms with Gasteiger partial charge >= 0.3 is 0 Å². The smallest absolute Gasteiger partial charge is 0.171 e. The van der Waals surface area contributed by atoms with Crippen LogP contribution in [0.1, 0.15) is 44.9 Å². The summed E-state index contributed by atoms with van der Waals surface area (Å²) in [4.78, 5) is 0. The highest BCUT2D eigenvalue weighted by Crippen LogP contribution is 2.26. The van der Waals surface area contributed by atoms with Crippen molar-refractivity contribution in [3.05, 3.63) is 63.6 Å². The molecule has 0 aromatic heterocycles. The van der Waals surface area contributed by atoms with Gasteiger partial charge in [-0.3, -0.25) is 0 Å². The Kier molecular flexibility index (Phi) is 6.13. The fourth-order valence-electron chi connectivity index (χ4n) is 2.30. The van der Waals surface area contributed by atoms with Crippen molar-refractivity contribution in [3.63, 3.8) is 0 Å². The van der Waals surface area contributed by atoms with Gasteiger partial charge in [0.05, 0.1) is 16.8 Å². The first-order chi connectivity index (χ1) is 11.2. The molecule has 0 aliphatic rings. The fraction of sp³-hybridized carbons (Fsp3) is 0.316. The van der Waals surface area contributed by atoms with Crippen molar-refractivity contribution in [1.82, 2.24) is 5.32 Å². The van der Waals surface area contributed by atoms with Crippen LogP contribution in [-0.4, -0.2) is 5.11 Å². The van der Waals surface area contributed by atoms with Gasteiger partial charge in [0.25, 0.3) is 0 Å². The summed E-state index contributed by atoms with van der Waals surface area (Å²) >= 11 is 17.5. The van der Waals surface area contributed by atoms with Crippen LogP contribution in [0.5, 0.6) is 0 Å². The van der Waals surface area contributed by atoms with E-state index in [1.807, 2.05) is 0 Å². The van der Waals surface area contributed by atoms with Crippen LogP contribution >= 0.6 is 35.4 Å². The second kappa shape index (κ2) is 7.73. The van der Waals surface area contributed by atoms with E-state index in [1.54, 1.807) is 18.2 Å². The summed E-state index contributed by atoms with van der Waals surface area (Å²) in [7, 11) is 0. The number of hydrogen-bond donors (Lipinski definition) is 2. The molecule has 5 heteroatoms. The average molecular weight is 381 g/mol. The van der Waals surface area contributed by atoms with E-state index in [9.17, 15) is 0 Å². The van der Waals surface area contributed by atoms with Gasteiger partial charge in [-0.05, 0) is 53.9 Å². The molecule has 0 bridgehead atoms. The molecular weight excluding hydrogens is 359 g/mol. The summed E-state index contributed by atoms with van der Waals surface area (Å²) in [6, 6.07) is 13.9. The van der Waals surface area contributed by atoms with E-state index < -0.39 is 0 Å². The van der Waals surface area contributed by atoms with Crippen LogP contribution < -0.4 is 10.6 Å². The van der Waals surface area contributed by atoms with Gasteiger partial charge in [-0.1, -0.05) is 68.2 Å². The molecule has 0 radical (unpaired) electrons. The van der Waals surface area contributed by atoms with Gasteiger partial charge in [-0.25, -0.2) is 0 Å². The molecule has 2 aromatic rings. The largest absolute Gasteiger partial charge is 0.356 e. The maximum absolute atomic E-state index is 6.15. The van der Waals surface area contributed by atoms with Gasteiger partial charge in [0.2, 0.25) is 0 Å². The second-order valence-electron chi connectivity index (χ2n) is 6.82.